The van der Waals surface area contributed by atoms with E-state index in [-0.39, 0.29) is 18.6 Å². The fourth-order valence-electron chi connectivity index (χ4n) is 2.17. The second-order valence-electron chi connectivity index (χ2n) is 5.48. The summed E-state index contributed by atoms with van der Waals surface area (Å²) in [4.78, 5) is 26.4. The number of nitrogens with two attached hydrogens (primary N) is 1. The molecule has 2 amide bonds. The van der Waals surface area contributed by atoms with E-state index in [0.717, 1.165) is 0 Å². The van der Waals surface area contributed by atoms with E-state index in [0.29, 0.717) is 17.9 Å². The molecular formula is C17H21N3O3S. The van der Waals surface area contributed by atoms with Crippen molar-refractivity contribution in [2.24, 2.45) is 5.73 Å². The number of primary amides is 1. The molecule has 0 spiro atoms. The first-order valence-corrected chi connectivity index (χ1v) is 8.34. The highest BCUT2D eigenvalue weighted by Gasteiger charge is 2.16. The van der Waals surface area contributed by atoms with Crippen molar-refractivity contribution in [1.29, 1.82) is 0 Å². The van der Waals surface area contributed by atoms with Crippen LogP contribution in [-0.2, 0) is 4.79 Å². The van der Waals surface area contributed by atoms with Crippen LogP contribution in [0.25, 0.3) is 0 Å². The molecule has 0 saturated heterocycles. The Bertz CT molecular complexity index is 686. The molecule has 7 heteroatoms. The van der Waals surface area contributed by atoms with Gasteiger partial charge in [0.05, 0.1) is 6.04 Å². The van der Waals surface area contributed by atoms with E-state index >= 15 is 0 Å². The Labute approximate surface area is 145 Å². The minimum absolute atomic E-state index is 0.118. The Hall–Kier alpha value is -2.38. The predicted octanol–water partition coefficient (Wildman–Crippen LogP) is 1.64. The van der Waals surface area contributed by atoms with E-state index in [4.69, 9.17) is 10.5 Å². The summed E-state index contributed by atoms with van der Waals surface area (Å²) in [7, 11) is 3.95. The standard InChI is InChI=1S/C17H21N3O3S/c1-20(2)14(15-7-4-8-24-15)10-19-16(21)11-23-13-6-3-5-12(9-13)17(18)22/h3-9,14H,10-11H2,1-2H3,(H2,18,22)(H,19,21)/t14-/m0/s1. The molecule has 0 radical (unpaired) electrons. The van der Waals surface area contributed by atoms with Crippen molar-refractivity contribution < 1.29 is 14.3 Å². The average molecular weight is 347 g/mol. The molecule has 1 heterocycles. The summed E-state index contributed by atoms with van der Waals surface area (Å²) in [5.41, 5.74) is 5.56. The highest BCUT2D eigenvalue weighted by Crippen LogP contribution is 2.22. The fourth-order valence-corrected chi connectivity index (χ4v) is 3.09. The van der Waals surface area contributed by atoms with Crippen LogP contribution in [0.5, 0.6) is 5.75 Å². The van der Waals surface area contributed by atoms with Crippen molar-refractivity contribution in [2.45, 2.75) is 6.04 Å². The molecule has 1 atom stereocenters. The first-order chi connectivity index (χ1) is 11.5. The lowest BCUT2D eigenvalue weighted by atomic mass is 10.2. The van der Waals surface area contributed by atoms with Gasteiger partial charge in [0, 0.05) is 17.0 Å². The predicted molar refractivity (Wildman–Crippen MR) is 94.2 cm³/mol. The van der Waals surface area contributed by atoms with Crippen LogP contribution >= 0.6 is 11.3 Å². The van der Waals surface area contributed by atoms with Crippen molar-refractivity contribution in [3.8, 4) is 5.75 Å². The Morgan fingerprint density at radius 1 is 1.29 bits per heavy atom. The van der Waals surface area contributed by atoms with Crippen molar-refractivity contribution in [2.75, 3.05) is 27.2 Å². The molecule has 0 aliphatic rings. The summed E-state index contributed by atoms with van der Waals surface area (Å²) in [5, 5.41) is 4.89. The monoisotopic (exact) mass is 347 g/mol. The highest BCUT2D eigenvalue weighted by atomic mass is 32.1. The summed E-state index contributed by atoms with van der Waals surface area (Å²) >= 11 is 1.66. The maximum absolute atomic E-state index is 12.0. The smallest absolute Gasteiger partial charge is 0.258 e. The number of rotatable bonds is 8. The highest BCUT2D eigenvalue weighted by molar-refractivity contribution is 7.10. The van der Waals surface area contributed by atoms with Gasteiger partial charge in [-0.3, -0.25) is 9.59 Å². The molecule has 2 rings (SSSR count). The summed E-state index contributed by atoms with van der Waals surface area (Å²) in [5.74, 6) is -0.318. The van der Waals surface area contributed by atoms with Gasteiger partial charge in [-0.05, 0) is 43.7 Å². The lowest BCUT2D eigenvalue weighted by Crippen LogP contribution is -2.36. The number of nitrogens with one attached hydrogen (secondary N) is 1. The second kappa shape index (κ2) is 8.47. The number of hydrogen-bond acceptors (Lipinski definition) is 5. The molecule has 0 aliphatic carbocycles. The Balaban J connectivity index is 1.85. The number of carbonyl (C=O) groups excluding carboxylic acids is 2. The number of benzene rings is 1. The van der Waals surface area contributed by atoms with Gasteiger partial charge in [0.1, 0.15) is 5.75 Å². The van der Waals surface area contributed by atoms with E-state index < -0.39 is 5.91 Å². The lowest BCUT2D eigenvalue weighted by molar-refractivity contribution is -0.123. The van der Waals surface area contributed by atoms with Gasteiger partial charge >= 0.3 is 0 Å². The van der Waals surface area contributed by atoms with Crippen molar-refractivity contribution >= 4 is 23.2 Å². The first kappa shape index (κ1) is 18.0. The molecule has 0 bridgehead atoms. The van der Waals surface area contributed by atoms with Crippen molar-refractivity contribution in [3.63, 3.8) is 0 Å². The quantitative estimate of drug-likeness (QED) is 0.760. The van der Waals surface area contributed by atoms with E-state index in [1.165, 1.54) is 10.9 Å². The van der Waals surface area contributed by atoms with Gasteiger partial charge in [0.2, 0.25) is 5.91 Å². The molecule has 0 unspecified atom stereocenters. The van der Waals surface area contributed by atoms with Crippen LogP contribution in [0.15, 0.2) is 41.8 Å². The van der Waals surface area contributed by atoms with Crippen LogP contribution in [0.4, 0.5) is 0 Å². The molecule has 128 valence electrons. The number of nitrogens with zero attached hydrogens (tertiary/aromatic N) is 1. The van der Waals surface area contributed by atoms with Crippen LogP contribution in [-0.4, -0.2) is 44.0 Å². The van der Waals surface area contributed by atoms with Gasteiger partial charge in [-0.1, -0.05) is 12.1 Å². The molecule has 1 aromatic heterocycles. The summed E-state index contributed by atoms with van der Waals surface area (Å²) in [6.07, 6.45) is 0. The maximum atomic E-state index is 12.0. The zero-order chi connectivity index (χ0) is 17.5. The van der Waals surface area contributed by atoms with Crippen molar-refractivity contribution in [1.82, 2.24) is 10.2 Å². The normalized spacial score (nSPS) is 12.0. The molecule has 6 nitrogen and oxygen atoms in total. The first-order valence-electron chi connectivity index (χ1n) is 7.46. The van der Waals surface area contributed by atoms with Gasteiger partial charge in [0.15, 0.2) is 6.61 Å². The SMILES string of the molecule is CN(C)[C@@H](CNC(=O)COc1cccc(C(N)=O)c1)c1cccs1. The van der Waals surface area contributed by atoms with Crippen LogP contribution in [0, 0.1) is 0 Å². The minimum Gasteiger partial charge on any atom is -0.484 e. The summed E-state index contributed by atoms with van der Waals surface area (Å²) in [6, 6.07) is 10.6. The second-order valence-corrected chi connectivity index (χ2v) is 6.46. The largest absolute Gasteiger partial charge is 0.484 e. The number of thiophene rings is 1. The molecule has 3 N–H and O–H groups in total. The van der Waals surface area contributed by atoms with E-state index in [1.54, 1.807) is 29.5 Å². The zero-order valence-corrected chi connectivity index (χ0v) is 14.5. The van der Waals surface area contributed by atoms with Gasteiger partial charge in [0.25, 0.3) is 5.91 Å². The third kappa shape index (κ3) is 5.07. The minimum atomic E-state index is -0.533. The fraction of sp³-hybridized carbons (Fsp3) is 0.294. The number of hydrogen-bond donors (Lipinski definition) is 2. The lowest BCUT2D eigenvalue weighted by Gasteiger charge is -2.23. The number of carbonyl (C=O) groups is 2. The van der Waals surface area contributed by atoms with E-state index in [9.17, 15) is 9.59 Å². The molecule has 2 aromatic rings. The Kier molecular flexibility index (Phi) is 6.34. The maximum Gasteiger partial charge on any atom is 0.258 e. The van der Waals surface area contributed by atoms with Crippen LogP contribution in [0.3, 0.4) is 0 Å². The molecule has 0 fully saturated rings. The van der Waals surface area contributed by atoms with E-state index in [1.807, 2.05) is 31.6 Å². The zero-order valence-electron chi connectivity index (χ0n) is 13.7. The molecule has 1 aromatic carbocycles. The average Bonchev–Trinajstić information content (AvgIpc) is 3.07. The third-order valence-electron chi connectivity index (χ3n) is 3.48. The van der Waals surface area contributed by atoms with Gasteiger partial charge in [-0.25, -0.2) is 0 Å². The topological polar surface area (TPSA) is 84.7 Å². The number of likely N-dealkylation sites (N-methyl/N-ethyl adjacent to an activating group) is 1. The van der Waals surface area contributed by atoms with Gasteiger partial charge < -0.3 is 20.7 Å². The van der Waals surface area contributed by atoms with Gasteiger partial charge in [-0.15, -0.1) is 11.3 Å². The van der Waals surface area contributed by atoms with Crippen molar-refractivity contribution in [3.05, 3.63) is 52.2 Å². The molecule has 0 saturated carbocycles. The van der Waals surface area contributed by atoms with Gasteiger partial charge in [-0.2, -0.15) is 0 Å². The Morgan fingerprint density at radius 2 is 2.08 bits per heavy atom. The number of ether oxygens (including phenoxy) is 1. The van der Waals surface area contributed by atoms with Crippen LogP contribution in [0.2, 0.25) is 0 Å². The van der Waals surface area contributed by atoms with E-state index in [2.05, 4.69) is 10.2 Å². The van der Waals surface area contributed by atoms with Crippen LogP contribution in [0.1, 0.15) is 21.3 Å². The number of amides is 2. The summed E-state index contributed by atoms with van der Waals surface area (Å²) < 4.78 is 5.41. The molecular weight excluding hydrogens is 326 g/mol. The summed E-state index contributed by atoms with van der Waals surface area (Å²) in [6.45, 7) is 0.379. The molecule has 24 heavy (non-hydrogen) atoms. The molecule has 0 aliphatic heterocycles. The Morgan fingerprint density at radius 3 is 2.71 bits per heavy atom. The van der Waals surface area contributed by atoms with Crippen LogP contribution < -0.4 is 15.8 Å². The third-order valence-corrected chi connectivity index (χ3v) is 4.45.